The second-order valence-electron chi connectivity index (χ2n) is 3.51. The minimum atomic E-state index is -0.928. The first-order chi connectivity index (χ1) is 7.19. The van der Waals surface area contributed by atoms with Crippen LogP contribution in [0.25, 0.3) is 0 Å². The van der Waals surface area contributed by atoms with Crippen LogP contribution in [0, 0.1) is 0 Å². The van der Waals surface area contributed by atoms with Crippen LogP contribution >= 0.6 is 0 Å². The van der Waals surface area contributed by atoms with E-state index >= 15 is 0 Å². The van der Waals surface area contributed by atoms with Crippen molar-refractivity contribution in [3.63, 3.8) is 0 Å². The molecule has 0 spiro atoms. The molecule has 4 N–H and O–H groups in total. The second kappa shape index (κ2) is 6.37. The van der Waals surface area contributed by atoms with Crippen molar-refractivity contribution in [2.24, 2.45) is 5.73 Å². The molecule has 1 fully saturated rings. The van der Waals surface area contributed by atoms with Crippen molar-refractivity contribution in [3.05, 3.63) is 0 Å². The third-order valence-electron chi connectivity index (χ3n) is 2.29. The van der Waals surface area contributed by atoms with Crippen molar-refractivity contribution < 1.29 is 24.4 Å². The average molecular weight is 221 g/mol. The van der Waals surface area contributed by atoms with Gasteiger partial charge in [-0.2, -0.15) is 0 Å². The summed E-state index contributed by atoms with van der Waals surface area (Å²) in [5.74, 6) is 0. The van der Waals surface area contributed by atoms with Gasteiger partial charge in [0.25, 0.3) is 0 Å². The maximum atomic E-state index is 9.58. The fourth-order valence-electron chi connectivity index (χ4n) is 1.52. The van der Waals surface area contributed by atoms with Crippen molar-refractivity contribution in [2.75, 3.05) is 26.9 Å². The molecule has 0 aromatic carbocycles. The second-order valence-corrected chi connectivity index (χ2v) is 3.51. The topological polar surface area (TPSA) is 94.2 Å². The van der Waals surface area contributed by atoms with Crippen LogP contribution in [0.2, 0.25) is 0 Å². The van der Waals surface area contributed by atoms with Crippen molar-refractivity contribution in [2.45, 2.75) is 31.0 Å². The molecule has 0 aromatic rings. The monoisotopic (exact) mass is 221 g/mol. The lowest BCUT2D eigenvalue weighted by atomic mass is 10.0. The molecule has 6 nitrogen and oxygen atoms in total. The van der Waals surface area contributed by atoms with Crippen LogP contribution in [-0.2, 0) is 14.2 Å². The van der Waals surface area contributed by atoms with E-state index in [0.29, 0.717) is 13.2 Å². The summed E-state index contributed by atoms with van der Waals surface area (Å²) < 4.78 is 15.5. The maximum absolute atomic E-state index is 9.58. The number of nitrogens with two attached hydrogens (primary N) is 1. The number of rotatable bonds is 5. The normalized spacial score (nSPS) is 36.8. The smallest absolute Gasteiger partial charge is 0.160 e. The van der Waals surface area contributed by atoms with Crippen molar-refractivity contribution >= 4 is 0 Å². The Hall–Kier alpha value is -0.240. The van der Waals surface area contributed by atoms with E-state index in [0.717, 1.165) is 0 Å². The summed E-state index contributed by atoms with van der Waals surface area (Å²) in [5.41, 5.74) is 5.28. The number of hydrogen-bond donors (Lipinski definition) is 3. The minimum Gasteiger partial charge on any atom is -0.390 e. The highest BCUT2D eigenvalue weighted by molar-refractivity contribution is 4.82. The fourth-order valence-corrected chi connectivity index (χ4v) is 1.52. The molecular formula is C9H19NO5. The van der Waals surface area contributed by atoms with Crippen LogP contribution in [0.3, 0.4) is 0 Å². The lowest BCUT2D eigenvalue weighted by molar-refractivity contribution is -0.257. The maximum Gasteiger partial charge on any atom is 0.160 e. The summed E-state index contributed by atoms with van der Waals surface area (Å²) in [7, 11) is 1.51. The first-order valence-corrected chi connectivity index (χ1v) is 5.01. The highest BCUT2D eigenvalue weighted by atomic mass is 16.7. The lowest BCUT2D eigenvalue weighted by Crippen LogP contribution is -2.50. The Morgan fingerprint density at radius 3 is 2.80 bits per heavy atom. The van der Waals surface area contributed by atoms with E-state index in [9.17, 15) is 10.2 Å². The van der Waals surface area contributed by atoms with E-state index in [2.05, 4.69) is 0 Å². The Morgan fingerprint density at radius 1 is 1.47 bits per heavy atom. The van der Waals surface area contributed by atoms with Crippen molar-refractivity contribution in [1.29, 1.82) is 0 Å². The van der Waals surface area contributed by atoms with Crippen LogP contribution in [0.4, 0.5) is 0 Å². The SMILES string of the molecule is COCC1O[C@H](OCCN)CC(O)[C@@H]1O. The van der Waals surface area contributed by atoms with E-state index in [1.165, 1.54) is 7.11 Å². The molecule has 0 saturated carbocycles. The molecule has 90 valence electrons. The molecule has 1 aliphatic heterocycles. The van der Waals surface area contributed by atoms with Gasteiger partial charge in [0, 0.05) is 20.1 Å². The van der Waals surface area contributed by atoms with Crippen LogP contribution in [-0.4, -0.2) is 61.7 Å². The quantitative estimate of drug-likeness (QED) is 0.520. The van der Waals surface area contributed by atoms with Gasteiger partial charge >= 0.3 is 0 Å². The Labute approximate surface area is 88.9 Å². The molecule has 2 unspecified atom stereocenters. The summed E-state index contributed by atoms with van der Waals surface area (Å²) >= 11 is 0. The third kappa shape index (κ3) is 3.67. The van der Waals surface area contributed by atoms with Crippen molar-refractivity contribution in [3.8, 4) is 0 Å². The first-order valence-electron chi connectivity index (χ1n) is 5.01. The van der Waals surface area contributed by atoms with Gasteiger partial charge in [-0.05, 0) is 0 Å². The predicted molar refractivity (Wildman–Crippen MR) is 52.2 cm³/mol. The Morgan fingerprint density at radius 2 is 2.20 bits per heavy atom. The number of aliphatic hydroxyl groups is 2. The van der Waals surface area contributed by atoms with Gasteiger partial charge in [-0.3, -0.25) is 0 Å². The third-order valence-corrected chi connectivity index (χ3v) is 2.29. The first kappa shape index (κ1) is 12.8. The van der Waals surface area contributed by atoms with E-state index < -0.39 is 24.6 Å². The van der Waals surface area contributed by atoms with Gasteiger partial charge < -0.3 is 30.2 Å². The van der Waals surface area contributed by atoms with Gasteiger partial charge in [0.2, 0.25) is 0 Å². The highest BCUT2D eigenvalue weighted by Crippen LogP contribution is 2.21. The molecule has 1 saturated heterocycles. The van der Waals surface area contributed by atoms with Gasteiger partial charge in [-0.1, -0.05) is 0 Å². The van der Waals surface area contributed by atoms with Gasteiger partial charge in [0.15, 0.2) is 6.29 Å². The predicted octanol–water partition coefficient (Wildman–Crippen LogP) is -1.56. The number of hydrogen-bond acceptors (Lipinski definition) is 6. The van der Waals surface area contributed by atoms with Crippen LogP contribution in [0.15, 0.2) is 0 Å². The standard InChI is InChI=1S/C9H19NO5/c1-13-5-7-9(12)6(11)4-8(15-7)14-3-2-10/h6-9,11-12H,2-5,10H2,1H3/t6?,7?,8-,9-/m0/s1. The van der Waals surface area contributed by atoms with Crippen LogP contribution < -0.4 is 5.73 Å². The van der Waals surface area contributed by atoms with E-state index in [1.807, 2.05) is 0 Å². The molecular weight excluding hydrogens is 202 g/mol. The zero-order chi connectivity index (χ0) is 11.3. The molecule has 1 heterocycles. The summed E-state index contributed by atoms with van der Waals surface area (Å²) in [6, 6.07) is 0. The zero-order valence-corrected chi connectivity index (χ0v) is 8.83. The summed E-state index contributed by atoms with van der Waals surface area (Å²) in [5, 5.41) is 19.1. The zero-order valence-electron chi connectivity index (χ0n) is 8.83. The molecule has 0 aliphatic carbocycles. The minimum absolute atomic E-state index is 0.223. The van der Waals surface area contributed by atoms with Crippen LogP contribution in [0.5, 0.6) is 0 Å². The van der Waals surface area contributed by atoms with Gasteiger partial charge in [0.1, 0.15) is 12.2 Å². The van der Waals surface area contributed by atoms with Crippen LogP contribution in [0.1, 0.15) is 6.42 Å². The summed E-state index contributed by atoms with van der Waals surface area (Å²) in [6.45, 7) is 0.987. The molecule has 0 bridgehead atoms. The molecule has 4 atom stereocenters. The molecule has 1 aliphatic rings. The highest BCUT2D eigenvalue weighted by Gasteiger charge is 2.36. The number of ether oxygens (including phenoxy) is 3. The molecule has 1 rings (SSSR count). The number of methoxy groups -OCH3 is 1. The van der Waals surface area contributed by atoms with Gasteiger partial charge in [0.05, 0.1) is 19.3 Å². The largest absolute Gasteiger partial charge is 0.390 e. The Balaban J connectivity index is 2.43. The lowest BCUT2D eigenvalue weighted by Gasteiger charge is -2.36. The molecule has 0 amide bonds. The van der Waals surface area contributed by atoms with Crippen molar-refractivity contribution in [1.82, 2.24) is 0 Å². The van der Waals surface area contributed by atoms with Gasteiger partial charge in [-0.25, -0.2) is 0 Å². The van der Waals surface area contributed by atoms with E-state index in [-0.39, 0.29) is 13.0 Å². The van der Waals surface area contributed by atoms with Gasteiger partial charge in [-0.15, -0.1) is 0 Å². The summed E-state index contributed by atoms with van der Waals surface area (Å²) in [6.07, 6.45) is -2.60. The molecule has 6 heteroatoms. The average Bonchev–Trinajstić information content (AvgIpc) is 2.22. The van der Waals surface area contributed by atoms with E-state index in [4.69, 9.17) is 19.9 Å². The van der Waals surface area contributed by atoms with E-state index in [1.54, 1.807) is 0 Å². The Kier molecular flexibility index (Phi) is 5.44. The molecule has 0 aromatic heterocycles. The Bertz CT molecular complexity index is 180. The molecule has 0 radical (unpaired) electrons. The summed E-state index contributed by atoms with van der Waals surface area (Å²) in [4.78, 5) is 0. The number of aliphatic hydroxyl groups excluding tert-OH is 2. The molecule has 15 heavy (non-hydrogen) atoms. The fraction of sp³-hybridized carbons (Fsp3) is 1.00.